The highest BCUT2D eigenvalue weighted by atomic mass is 15.1. The molecule has 0 aliphatic rings. The van der Waals surface area contributed by atoms with E-state index >= 15 is 0 Å². The van der Waals surface area contributed by atoms with Crippen molar-refractivity contribution >= 4 is 17.2 Å². The maximum absolute atomic E-state index is 5.81. The fourth-order valence-corrected chi connectivity index (χ4v) is 1.88. The number of hydrogen-bond donors (Lipinski definition) is 4. The molecule has 2 heterocycles. The number of aryl methyl sites for hydroxylation is 1. The number of pyridine rings is 1. The third kappa shape index (κ3) is 4.13. The minimum Gasteiger partial charge on any atom is -0.397 e. The van der Waals surface area contributed by atoms with Crippen LogP contribution in [0.25, 0.3) is 0 Å². The largest absolute Gasteiger partial charge is 0.397 e. The Morgan fingerprint density at radius 3 is 2.85 bits per heavy atom. The molecule has 2 aromatic heterocycles. The van der Waals surface area contributed by atoms with Crippen LogP contribution >= 0.6 is 0 Å². The third-order valence-corrected chi connectivity index (χ3v) is 2.90. The van der Waals surface area contributed by atoms with Crippen LogP contribution in [0.4, 0.5) is 17.2 Å². The van der Waals surface area contributed by atoms with Gasteiger partial charge >= 0.3 is 0 Å². The smallest absolute Gasteiger partial charge is 0.243 e. The molecule has 0 aliphatic heterocycles. The van der Waals surface area contributed by atoms with Crippen LogP contribution in [0.3, 0.4) is 0 Å². The molecular weight excluding hydrogens is 254 g/mol. The quantitative estimate of drug-likeness (QED) is 0.406. The number of imidazole rings is 1. The van der Waals surface area contributed by atoms with Gasteiger partial charge in [0.05, 0.1) is 24.6 Å². The van der Waals surface area contributed by atoms with Crippen LogP contribution < -0.4 is 26.7 Å². The molecule has 0 spiro atoms. The van der Waals surface area contributed by atoms with E-state index in [-0.39, 0.29) is 0 Å². The maximum Gasteiger partial charge on any atom is 0.243 e. The first kappa shape index (κ1) is 14.1. The van der Waals surface area contributed by atoms with Gasteiger partial charge in [0.1, 0.15) is 24.8 Å². The molecule has 0 aliphatic carbocycles. The Kier molecular flexibility index (Phi) is 4.78. The Morgan fingerprint density at radius 2 is 2.15 bits per heavy atom. The van der Waals surface area contributed by atoms with Gasteiger partial charge in [0.2, 0.25) is 6.33 Å². The lowest BCUT2D eigenvalue weighted by Crippen LogP contribution is -2.27. The molecule has 0 unspecified atom stereocenters. The van der Waals surface area contributed by atoms with Crippen molar-refractivity contribution in [3.05, 3.63) is 31.0 Å². The molecule has 0 radical (unpaired) electrons. The number of hydrogen-bond acceptors (Lipinski definition) is 5. The molecule has 108 valence electrons. The zero-order valence-corrected chi connectivity index (χ0v) is 11.7. The molecule has 7 nitrogen and oxygen atoms in total. The lowest BCUT2D eigenvalue weighted by molar-refractivity contribution is -0.671. The summed E-state index contributed by atoms with van der Waals surface area (Å²) < 4.78 is 4.16. The van der Waals surface area contributed by atoms with Gasteiger partial charge in [0.15, 0.2) is 0 Å². The Balaban J connectivity index is 1.62. The van der Waals surface area contributed by atoms with E-state index in [1.807, 2.05) is 17.8 Å². The summed E-state index contributed by atoms with van der Waals surface area (Å²) in [6.45, 7) is 3.48. The van der Waals surface area contributed by atoms with Crippen molar-refractivity contribution in [3.8, 4) is 0 Å². The Hall–Kier alpha value is -2.28. The van der Waals surface area contributed by atoms with Crippen molar-refractivity contribution in [1.29, 1.82) is 0 Å². The Labute approximate surface area is 118 Å². The summed E-state index contributed by atoms with van der Waals surface area (Å²) in [7, 11) is 2.01. The van der Waals surface area contributed by atoms with Crippen molar-refractivity contribution in [2.45, 2.75) is 6.54 Å². The Bertz CT molecular complexity index is 549. The maximum atomic E-state index is 5.81. The van der Waals surface area contributed by atoms with Crippen LogP contribution in [0.2, 0.25) is 0 Å². The molecule has 0 saturated carbocycles. The molecule has 6 N–H and O–H groups in total. The van der Waals surface area contributed by atoms with Crippen LogP contribution in [0.1, 0.15) is 0 Å². The first-order valence-electron chi connectivity index (χ1n) is 6.62. The fraction of sp³-hybridized carbons (Fsp3) is 0.385. The van der Waals surface area contributed by atoms with Gasteiger partial charge in [-0.05, 0) is 6.07 Å². The molecule has 7 heteroatoms. The predicted molar refractivity (Wildman–Crippen MR) is 80.0 cm³/mol. The lowest BCUT2D eigenvalue weighted by atomic mass is 10.3. The van der Waals surface area contributed by atoms with E-state index in [2.05, 4.69) is 32.7 Å². The second-order valence-corrected chi connectivity index (χ2v) is 4.70. The van der Waals surface area contributed by atoms with Gasteiger partial charge in [-0.25, -0.2) is 14.1 Å². The molecule has 20 heavy (non-hydrogen) atoms. The molecule has 0 amide bonds. The van der Waals surface area contributed by atoms with Crippen molar-refractivity contribution in [3.63, 3.8) is 0 Å². The van der Waals surface area contributed by atoms with Gasteiger partial charge in [-0.2, -0.15) is 0 Å². The van der Waals surface area contributed by atoms with Crippen molar-refractivity contribution in [2.24, 2.45) is 7.05 Å². The molecule has 2 rings (SSSR count). The van der Waals surface area contributed by atoms with Crippen LogP contribution in [0.5, 0.6) is 0 Å². The zero-order chi connectivity index (χ0) is 14.4. The van der Waals surface area contributed by atoms with Crippen molar-refractivity contribution in [2.75, 3.05) is 36.4 Å². The minimum atomic E-state index is 0.574. The van der Waals surface area contributed by atoms with Crippen molar-refractivity contribution < 1.29 is 4.57 Å². The number of nitrogens with zero attached hydrogens (tertiary/aromatic N) is 3. The summed E-state index contributed by atoms with van der Waals surface area (Å²) in [6, 6.07) is 1.70. The predicted octanol–water partition coefficient (Wildman–Crippen LogP) is -0.426. The summed E-state index contributed by atoms with van der Waals surface area (Å²) in [5.74, 6) is 0.679. The van der Waals surface area contributed by atoms with Gasteiger partial charge in [-0.15, -0.1) is 0 Å². The monoisotopic (exact) mass is 276 g/mol. The van der Waals surface area contributed by atoms with E-state index in [0.717, 1.165) is 26.2 Å². The van der Waals surface area contributed by atoms with Gasteiger partial charge in [-0.3, -0.25) is 0 Å². The fourth-order valence-electron chi connectivity index (χ4n) is 1.88. The number of nitrogens with one attached hydrogen (secondary N) is 2. The number of nitrogen functional groups attached to an aromatic ring is 2. The molecular formula is C13H22N7+. The standard InChI is InChI=1S/C13H22N7/c1-19-6-7-20(10-19)5-4-16-2-3-17-13-12(15)8-11(14)9-18-13/h6-10,16H,2-5,14-15H2,1H3,(H,17,18)/q+1. The number of nitrogens with two attached hydrogens (primary N) is 2. The SMILES string of the molecule is C[n+]1ccn(CCNCCNc2ncc(N)cc2N)c1. The average molecular weight is 276 g/mol. The van der Waals surface area contributed by atoms with Gasteiger partial charge in [-0.1, -0.05) is 0 Å². The van der Waals surface area contributed by atoms with E-state index in [0.29, 0.717) is 17.2 Å². The second-order valence-electron chi connectivity index (χ2n) is 4.70. The van der Waals surface area contributed by atoms with Gasteiger partial charge < -0.3 is 22.1 Å². The van der Waals surface area contributed by atoms with E-state index in [1.54, 1.807) is 12.3 Å². The summed E-state index contributed by atoms with van der Waals surface area (Å²) in [6.07, 6.45) is 7.73. The van der Waals surface area contributed by atoms with Gasteiger partial charge in [0, 0.05) is 19.6 Å². The molecule has 0 fully saturated rings. The number of aromatic nitrogens is 3. The lowest BCUT2D eigenvalue weighted by Gasteiger charge is -2.09. The average Bonchev–Trinajstić information content (AvgIpc) is 2.81. The molecule has 0 aromatic carbocycles. The normalized spacial score (nSPS) is 10.7. The second kappa shape index (κ2) is 6.76. The number of rotatable bonds is 7. The Morgan fingerprint density at radius 1 is 1.30 bits per heavy atom. The minimum absolute atomic E-state index is 0.574. The van der Waals surface area contributed by atoms with Crippen LogP contribution in [0.15, 0.2) is 31.0 Å². The molecule has 0 bridgehead atoms. The first-order chi connectivity index (χ1) is 9.65. The first-order valence-corrected chi connectivity index (χ1v) is 6.62. The van der Waals surface area contributed by atoms with E-state index < -0.39 is 0 Å². The molecule has 2 aromatic rings. The summed E-state index contributed by atoms with van der Waals surface area (Å²) in [4.78, 5) is 4.15. The molecule has 0 saturated heterocycles. The number of anilines is 3. The zero-order valence-electron chi connectivity index (χ0n) is 11.7. The highest BCUT2D eigenvalue weighted by Gasteiger charge is 2.01. The van der Waals surface area contributed by atoms with Crippen molar-refractivity contribution in [1.82, 2.24) is 14.9 Å². The summed E-state index contributed by atoms with van der Waals surface area (Å²) in [5, 5.41) is 6.54. The van der Waals surface area contributed by atoms with Crippen LogP contribution in [-0.2, 0) is 13.6 Å². The van der Waals surface area contributed by atoms with E-state index in [4.69, 9.17) is 11.5 Å². The van der Waals surface area contributed by atoms with E-state index in [1.165, 1.54) is 0 Å². The highest BCUT2D eigenvalue weighted by molar-refractivity contribution is 5.65. The highest BCUT2D eigenvalue weighted by Crippen LogP contribution is 2.16. The van der Waals surface area contributed by atoms with Gasteiger partial charge in [0.25, 0.3) is 0 Å². The van der Waals surface area contributed by atoms with E-state index in [9.17, 15) is 0 Å². The van der Waals surface area contributed by atoms with Crippen LogP contribution in [0, 0.1) is 0 Å². The third-order valence-electron chi connectivity index (χ3n) is 2.90. The summed E-state index contributed by atoms with van der Waals surface area (Å²) in [5.41, 5.74) is 12.6. The van der Waals surface area contributed by atoms with Crippen LogP contribution in [-0.4, -0.2) is 29.2 Å². The topological polar surface area (TPSA) is 97.8 Å². The molecule has 0 atom stereocenters. The summed E-state index contributed by atoms with van der Waals surface area (Å²) >= 11 is 0.